The van der Waals surface area contributed by atoms with Gasteiger partial charge in [0.15, 0.2) is 0 Å². The lowest BCUT2D eigenvalue weighted by atomic mass is 10.1. The summed E-state index contributed by atoms with van der Waals surface area (Å²) in [6, 6.07) is 17.0. The van der Waals surface area contributed by atoms with Crippen LogP contribution >= 0.6 is 0 Å². The van der Waals surface area contributed by atoms with E-state index in [9.17, 15) is 4.79 Å². The van der Waals surface area contributed by atoms with Crippen LogP contribution in [0.1, 0.15) is 0 Å². The fourth-order valence-corrected chi connectivity index (χ4v) is 2.95. The first-order valence-corrected chi connectivity index (χ1v) is 9.37. The van der Waals surface area contributed by atoms with Gasteiger partial charge in [-0.25, -0.2) is 9.80 Å². The first kappa shape index (κ1) is 19.1. The smallest absolute Gasteiger partial charge is 0.344 e. The van der Waals surface area contributed by atoms with Crippen molar-refractivity contribution in [2.75, 3.05) is 17.7 Å². The molecule has 2 heterocycles. The highest BCUT2D eigenvalue weighted by molar-refractivity contribution is 5.90. The van der Waals surface area contributed by atoms with E-state index < -0.39 is 0 Å². The molecule has 1 aliphatic rings. The quantitative estimate of drug-likeness (QED) is 0.570. The molecule has 150 valence electrons. The molecule has 2 aromatic carbocycles. The van der Waals surface area contributed by atoms with Crippen molar-refractivity contribution in [3.05, 3.63) is 91.5 Å². The Balaban J connectivity index is 1.49. The van der Waals surface area contributed by atoms with Crippen molar-refractivity contribution < 1.29 is 9.53 Å². The lowest BCUT2D eigenvalue weighted by Crippen LogP contribution is -2.39. The zero-order valence-electron chi connectivity index (χ0n) is 16.4. The Bertz CT molecular complexity index is 1090. The first-order chi connectivity index (χ1) is 14.7. The number of pyridine rings is 1. The predicted octanol–water partition coefficient (Wildman–Crippen LogP) is 4.88. The number of anilines is 3. The summed E-state index contributed by atoms with van der Waals surface area (Å²) in [5.41, 5.74) is 7.22. The number of hydrazine groups is 1. The standard InChI is InChI=1S/C23H21N5O2/c1-30-22-9-7-19(8-10-22)26-21-14-18(15-24-16-21)17-5-4-6-20(13-17)27-23(29)28-12-3-2-11-25-28/h2-16,25-26H,1H3,(H,27,29). The van der Waals surface area contributed by atoms with Gasteiger partial charge in [0.1, 0.15) is 5.75 Å². The Labute approximate surface area is 174 Å². The van der Waals surface area contributed by atoms with E-state index >= 15 is 0 Å². The van der Waals surface area contributed by atoms with Crippen LogP contribution in [-0.2, 0) is 0 Å². The molecule has 0 saturated heterocycles. The van der Waals surface area contributed by atoms with Gasteiger partial charge in [0.2, 0.25) is 0 Å². The van der Waals surface area contributed by atoms with Crippen LogP contribution in [0, 0.1) is 0 Å². The largest absolute Gasteiger partial charge is 0.497 e. The van der Waals surface area contributed by atoms with Gasteiger partial charge in [0.05, 0.1) is 19.0 Å². The maximum absolute atomic E-state index is 12.4. The molecular formula is C23H21N5O2. The van der Waals surface area contributed by atoms with Crippen molar-refractivity contribution in [1.29, 1.82) is 0 Å². The summed E-state index contributed by atoms with van der Waals surface area (Å²) in [4.78, 5) is 16.7. The number of carbonyl (C=O) groups excluding carboxylic acids is 1. The number of hydrogen-bond acceptors (Lipinski definition) is 5. The van der Waals surface area contributed by atoms with Crippen LogP contribution in [0.4, 0.5) is 21.9 Å². The van der Waals surface area contributed by atoms with Crippen LogP contribution in [0.25, 0.3) is 11.1 Å². The lowest BCUT2D eigenvalue weighted by molar-refractivity contribution is 0.218. The molecule has 0 radical (unpaired) electrons. The van der Waals surface area contributed by atoms with Crippen LogP contribution in [0.5, 0.6) is 5.75 Å². The van der Waals surface area contributed by atoms with E-state index in [1.165, 1.54) is 5.01 Å². The molecule has 0 saturated carbocycles. The van der Waals surface area contributed by atoms with Crippen molar-refractivity contribution in [2.45, 2.75) is 0 Å². The van der Waals surface area contributed by atoms with E-state index in [0.29, 0.717) is 5.69 Å². The first-order valence-electron chi connectivity index (χ1n) is 9.37. The summed E-state index contributed by atoms with van der Waals surface area (Å²) in [5.74, 6) is 0.803. The number of rotatable bonds is 5. The van der Waals surface area contributed by atoms with Gasteiger partial charge in [-0.2, -0.15) is 0 Å². The molecule has 1 aliphatic heterocycles. The minimum absolute atomic E-state index is 0.277. The fraction of sp³-hybridized carbons (Fsp3) is 0.0435. The van der Waals surface area contributed by atoms with Crippen molar-refractivity contribution >= 4 is 23.1 Å². The summed E-state index contributed by atoms with van der Waals surface area (Å²) >= 11 is 0. The number of allylic oxidation sites excluding steroid dienone is 2. The number of carbonyl (C=O) groups is 1. The van der Waals surface area contributed by atoms with Crippen molar-refractivity contribution in [3.8, 4) is 16.9 Å². The summed E-state index contributed by atoms with van der Waals surface area (Å²) in [5, 5.41) is 7.59. The molecule has 0 aliphatic carbocycles. The minimum Gasteiger partial charge on any atom is -0.497 e. The van der Waals surface area contributed by atoms with Crippen LogP contribution in [0.2, 0.25) is 0 Å². The zero-order chi connectivity index (χ0) is 20.8. The Morgan fingerprint density at radius 2 is 1.80 bits per heavy atom. The highest BCUT2D eigenvalue weighted by Gasteiger charge is 2.11. The second-order valence-corrected chi connectivity index (χ2v) is 6.53. The fourth-order valence-electron chi connectivity index (χ4n) is 2.95. The maximum Gasteiger partial charge on any atom is 0.344 e. The molecule has 2 amide bonds. The van der Waals surface area contributed by atoms with E-state index in [1.54, 1.807) is 38.0 Å². The van der Waals surface area contributed by atoms with Gasteiger partial charge in [0.25, 0.3) is 0 Å². The number of ether oxygens (including phenoxy) is 1. The van der Waals surface area contributed by atoms with E-state index in [2.05, 4.69) is 21.0 Å². The highest BCUT2D eigenvalue weighted by Crippen LogP contribution is 2.26. The molecule has 0 atom stereocenters. The van der Waals surface area contributed by atoms with E-state index in [1.807, 2.05) is 60.7 Å². The molecule has 0 fully saturated rings. The highest BCUT2D eigenvalue weighted by atomic mass is 16.5. The third-order valence-corrected chi connectivity index (χ3v) is 4.44. The number of aromatic nitrogens is 1. The molecule has 0 bridgehead atoms. The second-order valence-electron chi connectivity index (χ2n) is 6.53. The molecule has 3 aromatic rings. The number of urea groups is 1. The maximum atomic E-state index is 12.4. The second kappa shape index (κ2) is 8.83. The molecule has 7 heteroatoms. The Kier molecular flexibility index (Phi) is 5.61. The minimum atomic E-state index is -0.277. The number of hydrogen-bond donors (Lipinski definition) is 3. The van der Waals surface area contributed by atoms with E-state index in [-0.39, 0.29) is 6.03 Å². The van der Waals surface area contributed by atoms with E-state index in [0.717, 1.165) is 28.3 Å². The molecule has 3 N–H and O–H groups in total. The van der Waals surface area contributed by atoms with Gasteiger partial charge in [0, 0.05) is 35.5 Å². The van der Waals surface area contributed by atoms with Crippen LogP contribution < -0.4 is 20.8 Å². The Hall–Kier alpha value is -4.26. The third kappa shape index (κ3) is 4.59. The average molecular weight is 399 g/mol. The third-order valence-electron chi connectivity index (χ3n) is 4.44. The van der Waals surface area contributed by atoms with Crippen molar-refractivity contribution in [2.24, 2.45) is 0 Å². The topological polar surface area (TPSA) is 78.5 Å². The average Bonchev–Trinajstić information content (AvgIpc) is 2.80. The number of amides is 2. The molecule has 4 rings (SSSR count). The van der Waals surface area contributed by atoms with Gasteiger partial charge in [-0.05, 0) is 60.2 Å². The summed E-state index contributed by atoms with van der Waals surface area (Å²) < 4.78 is 5.19. The SMILES string of the molecule is COc1ccc(Nc2cncc(-c3cccc(NC(=O)N4C=CC=CN4)c3)c2)cc1. The van der Waals surface area contributed by atoms with Gasteiger partial charge in [-0.3, -0.25) is 10.4 Å². The molecule has 1 aromatic heterocycles. The summed E-state index contributed by atoms with van der Waals surface area (Å²) in [6.07, 6.45) is 10.5. The van der Waals surface area contributed by atoms with Crippen LogP contribution in [0.15, 0.2) is 91.5 Å². The van der Waals surface area contributed by atoms with Gasteiger partial charge in [-0.1, -0.05) is 12.1 Å². The summed E-state index contributed by atoms with van der Waals surface area (Å²) in [6.45, 7) is 0. The van der Waals surface area contributed by atoms with Gasteiger partial charge >= 0.3 is 6.03 Å². The zero-order valence-corrected chi connectivity index (χ0v) is 16.4. The van der Waals surface area contributed by atoms with E-state index in [4.69, 9.17) is 4.74 Å². The molecule has 7 nitrogen and oxygen atoms in total. The lowest BCUT2D eigenvalue weighted by Gasteiger charge is -2.20. The van der Waals surface area contributed by atoms with Crippen LogP contribution in [-0.4, -0.2) is 23.1 Å². The summed E-state index contributed by atoms with van der Waals surface area (Å²) in [7, 11) is 1.64. The van der Waals surface area contributed by atoms with Gasteiger partial charge in [-0.15, -0.1) is 0 Å². The van der Waals surface area contributed by atoms with Gasteiger partial charge < -0.3 is 15.4 Å². The normalized spacial score (nSPS) is 12.2. The predicted molar refractivity (Wildman–Crippen MR) is 118 cm³/mol. The number of benzene rings is 2. The monoisotopic (exact) mass is 399 g/mol. The molecule has 0 spiro atoms. The number of methoxy groups -OCH3 is 1. The number of nitrogens with one attached hydrogen (secondary N) is 3. The van der Waals surface area contributed by atoms with Crippen molar-refractivity contribution in [3.63, 3.8) is 0 Å². The molecular weight excluding hydrogens is 378 g/mol. The molecule has 0 unspecified atom stereocenters. The van der Waals surface area contributed by atoms with Crippen molar-refractivity contribution in [1.82, 2.24) is 15.4 Å². The Morgan fingerprint density at radius 3 is 2.57 bits per heavy atom. The molecule has 30 heavy (non-hydrogen) atoms. The van der Waals surface area contributed by atoms with Crippen LogP contribution in [0.3, 0.4) is 0 Å². The number of nitrogens with zero attached hydrogens (tertiary/aromatic N) is 2. The Morgan fingerprint density at radius 1 is 0.967 bits per heavy atom.